The van der Waals surface area contributed by atoms with Gasteiger partial charge in [-0.2, -0.15) is 0 Å². The van der Waals surface area contributed by atoms with Crippen LogP contribution in [0.25, 0.3) is 0 Å². The summed E-state index contributed by atoms with van der Waals surface area (Å²) >= 11 is 0. The number of hydrogen-bond acceptors (Lipinski definition) is 3. The summed E-state index contributed by atoms with van der Waals surface area (Å²) in [4.78, 5) is 16.6. The Morgan fingerprint density at radius 3 is 2.21 bits per heavy atom. The Labute approximate surface area is 145 Å². The van der Waals surface area contributed by atoms with Gasteiger partial charge >= 0.3 is 6.03 Å². The average molecular weight is 331 g/mol. The topological polar surface area (TPSA) is 44.8 Å². The lowest BCUT2D eigenvalue weighted by atomic mass is 10.00. The summed E-state index contributed by atoms with van der Waals surface area (Å²) in [7, 11) is 0. The van der Waals surface area contributed by atoms with Crippen LogP contribution in [0, 0.1) is 5.92 Å². The number of piperidine rings is 1. The van der Waals surface area contributed by atoms with Crippen molar-refractivity contribution >= 4 is 17.4 Å². The number of urea groups is 1. The van der Waals surface area contributed by atoms with E-state index in [0.717, 1.165) is 50.6 Å². The molecule has 132 valence electrons. The van der Waals surface area contributed by atoms with E-state index in [-0.39, 0.29) is 18.2 Å². The first-order chi connectivity index (χ1) is 11.5. The molecule has 0 aliphatic carbocycles. The summed E-state index contributed by atoms with van der Waals surface area (Å²) in [5.74, 6) is 0.728. The van der Waals surface area contributed by atoms with Crippen LogP contribution in [0.5, 0.6) is 0 Å². The molecular weight excluding hydrogens is 302 g/mol. The average Bonchev–Trinajstić information content (AvgIpc) is 2.55. The maximum Gasteiger partial charge on any atom is 0.321 e. The third kappa shape index (κ3) is 4.20. The molecular formula is C19H29N3O2. The Morgan fingerprint density at radius 1 is 1.04 bits per heavy atom. The van der Waals surface area contributed by atoms with Crippen LogP contribution >= 0.6 is 0 Å². The van der Waals surface area contributed by atoms with Crippen LogP contribution in [0.2, 0.25) is 0 Å². The number of carbonyl (C=O) groups is 1. The second-order valence-corrected chi connectivity index (χ2v) is 7.31. The number of nitrogens with one attached hydrogen (secondary N) is 1. The van der Waals surface area contributed by atoms with Gasteiger partial charge < -0.3 is 19.9 Å². The number of benzene rings is 1. The molecule has 3 rings (SSSR count). The smallest absolute Gasteiger partial charge is 0.321 e. The van der Waals surface area contributed by atoms with Crippen molar-refractivity contribution in [3.63, 3.8) is 0 Å². The molecule has 2 amide bonds. The summed E-state index contributed by atoms with van der Waals surface area (Å²) in [6.07, 6.45) is 2.68. The molecule has 1 N–H and O–H groups in total. The lowest BCUT2D eigenvalue weighted by molar-refractivity contribution is -0.00521. The van der Waals surface area contributed by atoms with E-state index in [2.05, 4.69) is 43.1 Å². The zero-order chi connectivity index (χ0) is 17.1. The summed E-state index contributed by atoms with van der Waals surface area (Å²) in [6, 6.07) is 8.16. The number of anilines is 2. The van der Waals surface area contributed by atoms with Crippen molar-refractivity contribution in [1.29, 1.82) is 0 Å². The van der Waals surface area contributed by atoms with E-state index in [1.54, 1.807) is 0 Å². The number of amides is 2. The predicted molar refractivity (Wildman–Crippen MR) is 97.7 cm³/mol. The standard InChI is InChI=1S/C19H29N3O2/c1-14-8-10-21(11-9-14)19(23)20-17-4-6-18(7-5-17)22-12-15(2)24-16(3)13-22/h4-7,14-16H,8-13H2,1-3H3,(H,20,23)/t15-,16+. The maximum atomic E-state index is 12.3. The highest BCUT2D eigenvalue weighted by Gasteiger charge is 2.23. The van der Waals surface area contributed by atoms with Crippen LogP contribution in [0.15, 0.2) is 24.3 Å². The van der Waals surface area contributed by atoms with Crippen molar-refractivity contribution < 1.29 is 9.53 Å². The Kier molecular flexibility index (Phi) is 5.29. The van der Waals surface area contributed by atoms with Crippen LogP contribution in [0.3, 0.4) is 0 Å². The number of nitrogens with zero attached hydrogens (tertiary/aromatic N) is 2. The van der Waals surface area contributed by atoms with Crippen molar-refractivity contribution in [3.8, 4) is 0 Å². The summed E-state index contributed by atoms with van der Waals surface area (Å²) in [5, 5.41) is 3.02. The zero-order valence-electron chi connectivity index (χ0n) is 15.0. The number of rotatable bonds is 2. The quantitative estimate of drug-likeness (QED) is 0.901. The zero-order valence-corrected chi connectivity index (χ0v) is 15.0. The van der Waals surface area contributed by atoms with Crippen LogP contribution in [-0.4, -0.2) is 49.3 Å². The number of likely N-dealkylation sites (tertiary alicyclic amines) is 1. The van der Waals surface area contributed by atoms with Crippen LogP contribution in [0.4, 0.5) is 16.2 Å². The van der Waals surface area contributed by atoms with E-state index < -0.39 is 0 Å². The van der Waals surface area contributed by atoms with Crippen molar-refractivity contribution in [2.24, 2.45) is 5.92 Å². The molecule has 0 bridgehead atoms. The van der Waals surface area contributed by atoms with Crippen LogP contribution in [0.1, 0.15) is 33.6 Å². The Hall–Kier alpha value is -1.75. The fourth-order valence-electron chi connectivity index (χ4n) is 3.56. The van der Waals surface area contributed by atoms with Crippen molar-refractivity contribution in [2.45, 2.75) is 45.8 Å². The van der Waals surface area contributed by atoms with Crippen LogP contribution < -0.4 is 10.2 Å². The first kappa shape index (κ1) is 17.1. The largest absolute Gasteiger partial charge is 0.372 e. The lowest BCUT2D eigenvalue weighted by Crippen LogP contribution is -2.45. The van der Waals surface area contributed by atoms with Gasteiger partial charge in [-0.25, -0.2) is 4.79 Å². The molecule has 0 aromatic heterocycles. The van der Waals surface area contributed by atoms with E-state index in [1.165, 1.54) is 5.69 Å². The lowest BCUT2D eigenvalue weighted by Gasteiger charge is -2.37. The minimum absolute atomic E-state index is 0.0169. The summed E-state index contributed by atoms with van der Waals surface area (Å²) < 4.78 is 5.78. The van der Waals surface area contributed by atoms with Crippen LogP contribution in [-0.2, 0) is 4.74 Å². The number of ether oxygens (including phenoxy) is 1. The van der Waals surface area contributed by atoms with E-state index in [4.69, 9.17) is 4.74 Å². The minimum Gasteiger partial charge on any atom is -0.372 e. The second-order valence-electron chi connectivity index (χ2n) is 7.31. The predicted octanol–water partition coefficient (Wildman–Crippen LogP) is 3.56. The minimum atomic E-state index is 0.0169. The van der Waals surface area contributed by atoms with Gasteiger partial charge in [-0.05, 0) is 56.9 Å². The Balaban J connectivity index is 1.57. The van der Waals surface area contributed by atoms with Gasteiger partial charge in [0.25, 0.3) is 0 Å². The molecule has 0 unspecified atom stereocenters. The molecule has 0 saturated carbocycles. The van der Waals surface area contributed by atoms with Gasteiger partial charge in [0.05, 0.1) is 12.2 Å². The molecule has 0 spiro atoms. The van der Waals surface area contributed by atoms with Crippen molar-refractivity contribution in [1.82, 2.24) is 4.90 Å². The first-order valence-electron chi connectivity index (χ1n) is 9.07. The van der Waals surface area contributed by atoms with Gasteiger partial charge in [0.2, 0.25) is 0 Å². The molecule has 24 heavy (non-hydrogen) atoms. The highest BCUT2D eigenvalue weighted by molar-refractivity contribution is 5.89. The van der Waals surface area contributed by atoms with E-state index in [0.29, 0.717) is 0 Å². The third-order valence-corrected chi connectivity index (χ3v) is 4.97. The van der Waals surface area contributed by atoms with E-state index >= 15 is 0 Å². The van der Waals surface area contributed by atoms with Gasteiger partial charge in [0.1, 0.15) is 0 Å². The fourth-order valence-corrected chi connectivity index (χ4v) is 3.56. The normalized spacial score (nSPS) is 25.6. The summed E-state index contributed by atoms with van der Waals surface area (Å²) in [5.41, 5.74) is 2.04. The molecule has 2 aliphatic heterocycles. The molecule has 2 fully saturated rings. The molecule has 2 saturated heterocycles. The SMILES string of the molecule is CC1CCN(C(=O)Nc2ccc(N3C[C@@H](C)O[C@@H](C)C3)cc2)CC1. The molecule has 5 nitrogen and oxygen atoms in total. The fraction of sp³-hybridized carbons (Fsp3) is 0.632. The number of morpholine rings is 1. The molecule has 1 aromatic rings. The monoisotopic (exact) mass is 331 g/mol. The van der Waals surface area contributed by atoms with Gasteiger partial charge in [0, 0.05) is 37.6 Å². The molecule has 2 atom stereocenters. The Bertz CT molecular complexity index is 542. The van der Waals surface area contributed by atoms with Crippen molar-refractivity contribution in [3.05, 3.63) is 24.3 Å². The Morgan fingerprint density at radius 2 is 1.62 bits per heavy atom. The van der Waals surface area contributed by atoms with Gasteiger partial charge in [-0.1, -0.05) is 6.92 Å². The molecule has 2 heterocycles. The highest BCUT2D eigenvalue weighted by Crippen LogP contribution is 2.23. The highest BCUT2D eigenvalue weighted by atomic mass is 16.5. The van der Waals surface area contributed by atoms with Gasteiger partial charge in [-0.15, -0.1) is 0 Å². The molecule has 0 radical (unpaired) electrons. The number of carbonyl (C=O) groups excluding carboxylic acids is 1. The molecule has 5 heteroatoms. The number of hydrogen-bond donors (Lipinski definition) is 1. The second kappa shape index (κ2) is 7.43. The van der Waals surface area contributed by atoms with Gasteiger partial charge in [0.15, 0.2) is 0 Å². The third-order valence-electron chi connectivity index (χ3n) is 4.97. The first-order valence-corrected chi connectivity index (χ1v) is 9.07. The van der Waals surface area contributed by atoms with E-state index in [1.807, 2.05) is 17.0 Å². The molecule has 1 aromatic carbocycles. The van der Waals surface area contributed by atoms with Crippen molar-refractivity contribution in [2.75, 3.05) is 36.4 Å². The van der Waals surface area contributed by atoms with Gasteiger partial charge in [-0.3, -0.25) is 0 Å². The maximum absolute atomic E-state index is 12.3. The molecule has 2 aliphatic rings. The van der Waals surface area contributed by atoms with E-state index in [9.17, 15) is 4.79 Å². The summed E-state index contributed by atoms with van der Waals surface area (Å²) in [6.45, 7) is 9.99.